The molecule has 0 saturated carbocycles. The summed E-state index contributed by atoms with van der Waals surface area (Å²) < 4.78 is 24.7. The lowest BCUT2D eigenvalue weighted by Crippen LogP contribution is -2.53. The molecule has 134 heavy (non-hydrogen) atoms. The van der Waals surface area contributed by atoms with Gasteiger partial charge < -0.3 is 9.31 Å². The van der Waals surface area contributed by atoms with Gasteiger partial charge >= 0.3 is 7.25 Å². The van der Waals surface area contributed by atoms with E-state index in [1.54, 1.807) is 0 Å². The van der Waals surface area contributed by atoms with Crippen molar-refractivity contribution in [3.8, 4) is 89.8 Å². The Morgan fingerprint density at radius 2 is 0.567 bits per heavy atom. The number of hydrogen-bond acceptors (Lipinski definition) is 6. The summed E-state index contributed by atoms with van der Waals surface area (Å²) in [5.74, 6) is 1.86. The number of halogens is 1. The molecule has 634 valence electrons. The Labute approximate surface area is 781 Å². The van der Waals surface area contributed by atoms with Crippen LogP contribution in [0.15, 0.2) is 442 Å². The van der Waals surface area contributed by atoms with Crippen molar-refractivity contribution in [2.45, 2.75) is 38.9 Å². The lowest BCUT2D eigenvalue weighted by Gasteiger charge is -2.30. The number of imidazole rings is 4. The van der Waals surface area contributed by atoms with Crippen LogP contribution in [0.25, 0.3) is 232 Å². The molecule has 1 aliphatic rings. The molecule has 7 aromatic heterocycles. The summed E-state index contributed by atoms with van der Waals surface area (Å²) in [6, 6.07) is 152. The minimum Gasteiger partial charge on any atom is -0.338 e. The largest absolute Gasteiger partial charge is 0.850 e. The summed E-state index contributed by atoms with van der Waals surface area (Å²) in [4.78, 5) is 20.4. The smallest absolute Gasteiger partial charge is 0.338 e. The van der Waals surface area contributed by atoms with Crippen LogP contribution < -0.4 is 4.48 Å². The minimum atomic E-state index is -0.465. The summed E-state index contributed by atoms with van der Waals surface area (Å²) in [6.45, 7) is 8.29. The second-order valence-electron chi connectivity index (χ2n) is 35.7. The fourth-order valence-corrected chi connectivity index (χ4v) is 20.8. The van der Waals surface area contributed by atoms with Crippen molar-refractivity contribution < 1.29 is 13.8 Å². The molecule has 0 N–H and O–H groups in total. The van der Waals surface area contributed by atoms with Crippen LogP contribution >= 0.6 is 15.9 Å². The molecular weight excluding hydrogens is 1700 g/mol. The van der Waals surface area contributed by atoms with Gasteiger partial charge in [0.25, 0.3) is 0 Å². The first-order valence-electron chi connectivity index (χ1n) is 45.6. The number of rotatable bonds is 10. The average Bonchev–Trinajstić information content (AvgIpc) is 1.51. The highest BCUT2D eigenvalue weighted by Gasteiger charge is 2.60. The molecule has 26 aromatic rings. The summed E-state index contributed by atoms with van der Waals surface area (Å²) in [6.07, 6.45) is 4.15. The molecule has 0 amide bonds. The van der Waals surface area contributed by atoms with Crippen molar-refractivity contribution in [2.75, 3.05) is 0 Å². The van der Waals surface area contributed by atoms with Crippen molar-refractivity contribution in [3.63, 3.8) is 0 Å². The molecular formula is C121H84BBrN9O2+. The van der Waals surface area contributed by atoms with E-state index in [0.29, 0.717) is 0 Å². The van der Waals surface area contributed by atoms with E-state index in [0.717, 1.165) is 127 Å². The van der Waals surface area contributed by atoms with E-state index in [9.17, 15) is 0 Å². The second-order valence-corrected chi connectivity index (χ2v) is 36.6. The van der Waals surface area contributed by atoms with Gasteiger partial charge in [-0.05, 0) is 253 Å². The first-order valence-corrected chi connectivity index (χ1v) is 46.4. The van der Waals surface area contributed by atoms with Gasteiger partial charge in [0.15, 0.2) is 6.20 Å². The number of fused-ring (bicyclic) bond motifs is 22. The fraction of sp³-hybridized carbons (Fsp3) is 0.0496. The van der Waals surface area contributed by atoms with E-state index < -0.39 is 7.25 Å². The van der Waals surface area contributed by atoms with Crippen LogP contribution in [-0.4, -0.2) is 56.3 Å². The van der Waals surface area contributed by atoms with Crippen molar-refractivity contribution in [3.05, 3.63) is 442 Å². The first-order chi connectivity index (χ1) is 65.9. The normalized spacial score (nSPS) is 13.2. The Bertz CT molecular complexity index is 9110. The van der Waals surface area contributed by atoms with Crippen LogP contribution in [-0.2, 0) is 9.31 Å². The van der Waals surface area contributed by atoms with E-state index in [1.807, 2.05) is 16.7 Å². The van der Waals surface area contributed by atoms with Crippen LogP contribution in [0, 0.1) is 0 Å². The molecule has 0 aliphatic carbocycles. The summed E-state index contributed by atoms with van der Waals surface area (Å²) in [7, 11) is -0.465. The van der Waals surface area contributed by atoms with Crippen LogP contribution in [0.1, 0.15) is 27.7 Å². The highest BCUT2D eigenvalue weighted by atomic mass is 79.9. The molecule has 1 aliphatic heterocycles. The molecule has 0 unspecified atom stereocenters. The zero-order chi connectivity index (χ0) is 89.4. The number of hydrogen-bond donors (Lipinski definition) is 0. The van der Waals surface area contributed by atoms with Crippen molar-refractivity contribution in [2.24, 2.45) is 0 Å². The number of aromatic nitrogens is 9. The molecule has 13 heteroatoms. The van der Waals surface area contributed by atoms with Gasteiger partial charge in [-0.1, -0.05) is 313 Å². The monoisotopic (exact) mass is 1780 g/mol. The quantitative estimate of drug-likeness (QED) is 0.0769. The van der Waals surface area contributed by atoms with E-state index in [2.05, 4.69) is 486 Å². The van der Waals surface area contributed by atoms with Crippen LogP contribution in [0.3, 0.4) is 0 Å². The first kappa shape index (κ1) is 79.8. The zero-order valence-electron chi connectivity index (χ0n) is 73.9. The second kappa shape index (κ2) is 32.1. The number of pyridine rings is 3. The summed E-state index contributed by atoms with van der Waals surface area (Å²) >= 11 is 3.61. The van der Waals surface area contributed by atoms with Crippen LogP contribution in [0.4, 0.5) is 0 Å². The van der Waals surface area contributed by atoms with Gasteiger partial charge in [-0.15, -0.1) is 0 Å². The third-order valence-corrected chi connectivity index (χ3v) is 28.0. The molecule has 1 saturated heterocycles. The van der Waals surface area contributed by atoms with E-state index in [4.69, 9.17) is 29.2 Å². The predicted molar refractivity (Wildman–Crippen MR) is 559 cm³/mol. The SMILES string of the molecule is Brc1ccc(-c2c3ccccc3c(-c3cccc(-c4nc5ccccc5n4-c4ccccc4)c3)c3ccccc23)cc1.CC1(C)OB([n+]2ccc3c(c2)c2ccccc2n2c4ccccc4nc32)OC1(C)C.c1ccc(-n2c(-c3cccc(-c4c5ccccc5c(-c5ccc(-c6ccc7c(c6)c6ccccc6n6c8ccccc8nc76)cc5)c5ccccc45)c3)nc3ccccc32)cc1. The van der Waals surface area contributed by atoms with E-state index in [-0.39, 0.29) is 11.2 Å². The minimum absolute atomic E-state index is 0.382. The van der Waals surface area contributed by atoms with Gasteiger partial charge in [0.1, 0.15) is 29.1 Å². The third kappa shape index (κ3) is 13.3. The topological polar surface area (TPSA) is 92.6 Å². The molecule has 0 radical (unpaired) electrons. The molecule has 0 atom stereocenters. The van der Waals surface area contributed by atoms with Gasteiger partial charge in [-0.2, -0.15) is 0 Å². The highest BCUT2D eigenvalue weighted by Crippen LogP contribution is 2.49. The molecule has 8 heterocycles. The molecule has 1 fully saturated rings. The Kier molecular flexibility index (Phi) is 19.1. The summed E-state index contributed by atoms with van der Waals surface area (Å²) in [5, 5.41) is 16.9. The zero-order valence-corrected chi connectivity index (χ0v) is 75.5. The Morgan fingerprint density at radius 1 is 0.246 bits per heavy atom. The van der Waals surface area contributed by atoms with Gasteiger partial charge in [0.05, 0.1) is 71.8 Å². The Balaban J connectivity index is 0.000000115. The van der Waals surface area contributed by atoms with Gasteiger partial charge in [-0.25, -0.2) is 24.4 Å². The number of nitrogens with zero attached hydrogens (tertiary/aromatic N) is 9. The molecule has 0 spiro atoms. The van der Waals surface area contributed by atoms with Crippen LogP contribution in [0.5, 0.6) is 0 Å². The lowest BCUT2D eigenvalue weighted by molar-refractivity contribution is -0.561. The van der Waals surface area contributed by atoms with Crippen molar-refractivity contribution in [1.82, 2.24) is 37.9 Å². The molecule has 11 nitrogen and oxygen atoms in total. The van der Waals surface area contributed by atoms with Crippen LogP contribution in [0.2, 0.25) is 0 Å². The summed E-state index contributed by atoms with van der Waals surface area (Å²) in [5.41, 5.74) is 28.3. The Morgan fingerprint density at radius 3 is 0.993 bits per heavy atom. The maximum atomic E-state index is 6.27. The number of benzene rings is 19. The van der Waals surface area contributed by atoms with E-state index in [1.165, 1.54) is 109 Å². The van der Waals surface area contributed by atoms with Gasteiger partial charge in [0.2, 0.25) is 0 Å². The van der Waals surface area contributed by atoms with Gasteiger partial charge in [0, 0.05) is 54.6 Å². The van der Waals surface area contributed by atoms with Crippen molar-refractivity contribution in [1.29, 1.82) is 0 Å². The number of para-hydroxylation sites is 12. The molecule has 19 aromatic carbocycles. The molecule has 27 rings (SSSR count). The maximum Gasteiger partial charge on any atom is 0.850 e. The fourth-order valence-electron chi connectivity index (χ4n) is 20.5. The van der Waals surface area contributed by atoms with Crippen molar-refractivity contribution >= 4 is 165 Å². The lowest BCUT2D eigenvalue weighted by atomic mass is 9.85. The predicted octanol–water partition coefficient (Wildman–Crippen LogP) is 30.7. The van der Waals surface area contributed by atoms with Gasteiger partial charge in [-0.3, -0.25) is 17.9 Å². The average molecular weight is 1790 g/mol. The standard InChI is InChI=1S/C58H36N4.C39H25BrN2.C24H23BN3O2/c1-2-17-42(18-3-1)61-53-27-12-9-24-50(53)59-57(61)41-16-14-15-40(35-41)56-46-22-6-4-20-44(46)55(45-21-5-7-23-47(45)56)38-31-29-37(30-32-38)39-33-34-48-49(36-39)43-19-8-11-26-52(43)62-54-28-13-10-25-51(54)60-58(48)62;40-29-23-21-26(22-24-29)37-31-15-4-6-17-33(31)38(34-18-7-5-16-32(34)37)27-11-10-12-28(25-27)39-41-35-19-8-9-20-36(35)42(39)30-13-2-1-3-14-30;1-23(2)24(3,4)30-25(29-23)27-14-13-17-18(15-27)16-9-5-7-11-20(16)28-21-12-8-6-10-19(21)26-22(17)28/h1-36H;1-25H;5-15H,1-4H3/q;;+1. The third-order valence-electron chi connectivity index (χ3n) is 27.4. The Hall–Kier alpha value is -16.3. The molecule has 0 bridgehead atoms. The van der Waals surface area contributed by atoms with E-state index >= 15 is 0 Å². The maximum absolute atomic E-state index is 6.27. The highest BCUT2D eigenvalue weighted by molar-refractivity contribution is 9.10.